The SMILES string of the molecule is O=C1CCC(NC(=O)c2cnn3cccnc23)C(c2ccccc2F)N1. The standard InChI is InChI=1S/C18H16FN5O2/c19-13-5-2-1-4-11(13)16-14(6-7-15(25)23-16)22-18(26)12-10-21-24-9-3-8-20-17(12)24/h1-5,8-10,14,16H,6-7H2,(H,22,26)(H,23,25). The van der Waals surface area contributed by atoms with Gasteiger partial charge in [-0.05, 0) is 18.6 Å². The van der Waals surface area contributed by atoms with Crippen molar-refractivity contribution in [3.05, 3.63) is 65.9 Å². The van der Waals surface area contributed by atoms with Crippen LogP contribution < -0.4 is 10.6 Å². The summed E-state index contributed by atoms with van der Waals surface area (Å²) in [5.74, 6) is -0.945. The number of carbonyl (C=O) groups is 2. The summed E-state index contributed by atoms with van der Waals surface area (Å²) in [5.41, 5.74) is 1.12. The third kappa shape index (κ3) is 2.90. The van der Waals surface area contributed by atoms with E-state index in [2.05, 4.69) is 20.7 Å². The second-order valence-corrected chi connectivity index (χ2v) is 6.13. The van der Waals surface area contributed by atoms with Gasteiger partial charge in [-0.25, -0.2) is 13.9 Å². The number of halogens is 1. The fourth-order valence-electron chi connectivity index (χ4n) is 3.21. The van der Waals surface area contributed by atoms with E-state index in [1.807, 2.05) is 0 Å². The molecule has 26 heavy (non-hydrogen) atoms. The Hall–Kier alpha value is -3.29. The highest BCUT2D eigenvalue weighted by Gasteiger charge is 2.33. The number of amides is 2. The second-order valence-electron chi connectivity index (χ2n) is 6.13. The lowest BCUT2D eigenvalue weighted by Crippen LogP contribution is -2.50. The second kappa shape index (κ2) is 6.55. The van der Waals surface area contributed by atoms with Crippen molar-refractivity contribution >= 4 is 17.5 Å². The molecule has 0 bridgehead atoms. The fourth-order valence-corrected chi connectivity index (χ4v) is 3.21. The van der Waals surface area contributed by atoms with Crippen LogP contribution in [0.5, 0.6) is 0 Å². The van der Waals surface area contributed by atoms with Crippen LogP contribution in [0.2, 0.25) is 0 Å². The van der Waals surface area contributed by atoms with Crippen LogP contribution in [0.3, 0.4) is 0 Å². The maximum atomic E-state index is 14.2. The minimum absolute atomic E-state index is 0.165. The Morgan fingerprint density at radius 3 is 3.00 bits per heavy atom. The zero-order valence-corrected chi connectivity index (χ0v) is 13.7. The van der Waals surface area contributed by atoms with E-state index in [1.54, 1.807) is 36.7 Å². The molecule has 1 aliphatic rings. The molecule has 1 aromatic carbocycles. The molecule has 0 aliphatic carbocycles. The molecule has 2 aromatic heterocycles. The van der Waals surface area contributed by atoms with Gasteiger partial charge >= 0.3 is 0 Å². The largest absolute Gasteiger partial charge is 0.347 e. The number of aromatic nitrogens is 3. The predicted octanol–water partition coefficient (Wildman–Crippen LogP) is 1.62. The van der Waals surface area contributed by atoms with Crippen LogP contribution in [0.1, 0.15) is 34.8 Å². The van der Waals surface area contributed by atoms with Crippen LogP contribution in [0.15, 0.2) is 48.9 Å². The number of nitrogens with zero attached hydrogens (tertiary/aromatic N) is 3. The van der Waals surface area contributed by atoms with Gasteiger partial charge < -0.3 is 10.6 Å². The zero-order chi connectivity index (χ0) is 18.1. The highest BCUT2D eigenvalue weighted by molar-refractivity contribution is 5.99. The Balaban J connectivity index is 1.62. The van der Waals surface area contributed by atoms with E-state index in [0.717, 1.165) is 0 Å². The normalized spacial score (nSPS) is 20.0. The van der Waals surface area contributed by atoms with Gasteiger partial charge in [-0.3, -0.25) is 9.59 Å². The summed E-state index contributed by atoms with van der Waals surface area (Å²) in [6, 6.07) is 6.89. The van der Waals surface area contributed by atoms with E-state index in [4.69, 9.17) is 0 Å². The molecular formula is C18H16FN5O2. The van der Waals surface area contributed by atoms with Gasteiger partial charge in [0.15, 0.2) is 5.65 Å². The first-order valence-electron chi connectivity index (χ1n) is 8.26. The van der Waals surface area contributed by atoms with Gasteiger partial charge in [-0.1, -0.05) is 18.2 Å². The van der Waals surface area contributed by atoms with E-state index in [0.29, 0.717) is 23.2 Å². The quantitative estimate of drug-likeness (QED) is 0.749. The number of rotatable bonds is 3. The van der Waals surface area contributed by atoms with Crippen molar-refractivity contribution in [2.24, 2.45) is 0 Å². The highest BCUT2D eigenvalue weighted by Crippen LogP contribution is 2.26. The fraction of sp³-hybridized carbons (Fsp3) is 0.222. The average Bonchev–Trinajstić information content (AvgIpc) is 3.08. The van der Waals surface area contributed by atoms with E-state index < -0.39 is 17.9 Å². The Labute approximate surface area is 148 Å². The number of nitrogens with one attached hydrogen (secondary N) is 2. The maximum absolute atomic E-state index is 14.2. The number of fused-ring (bicyclic) bond motifs is 1. The van der Waals surface area contributed by atoms with Gasteiger partial charge in [-0.2, -0.15) is 5.10 Å². The van der Waals surface area contributed by atoms with E-state index >= 15 is 0 Å². The van der Waals surface area contributed by atoms with Crippen molar-refractivity contribution in [1.82, 2.24) is 25.2 Å². The molecule has 7 nitrogen and oxygen atoms in total. The molecule has 1 saturated heterocycles. The van der Waals surface area contributed by atoms with Crippen molar-refractivity contribution in [1.29, 1.82) is 0 Å². The minimum Gasteiger partial charge on any atom is -0.347 e. The Kier molecular flexibility index (Phi) is 4.08. The molecule has 2 unspecified atom stereocenters. The topological polar surface area (TPSA) is 88.4 Å². The van der Waals surface area contributed by atoms with Gasteiger partial charge in [0.05, 0.1) is 18.3 Å². The molecule has 2 N–H and O–H groups in total. The van der Waals surface area contributed by atoms with Crippen molar-refractivity contribution in [3.63, 3.8) is 0 Å². The van der Waals surface area contributed by atoms with E-state index in [-0.39, 0.29) is 18.2 Å². The van der Waals surface area contributed by atoms with Crippen LogP contribution in [0.25, 0.3) is 5.65 Å². The van der Waals surface area contributed by atoms with Crippen LogP contribution >= 0.6 is 0 Å². The van der Waals surface area contributed by atoms with Crippen LogP contribution in [-0.2, 0) is 4.79 Å². The highest BCUT2D eigenvalue weighted by atomic mass is 19.1. The summed E-state index contributed by atoms with van der Waals surface area (Å²) in [5, 5.41) is 9.78. The Morgan fingerprint density at radius 2 is 2.15 bits per heavy atom. The summed E-state index contributed by atoms with van der Waals surface area (Å²) in [7, 11) is 0. The molecule has 3 heterocycles. The molecule has 0 radical (unpaired) electrons. The minimum atomic E-state index is -0.629. The third-order valence-electron chi connectivity index (χ3n) is 4.48. The summed E-state index contributed by atoms with van der Waals surface area (Å²) in [6.45, 7) is 0. The first kappa shape index (κ1) is 16.2. The number of benzene rings is 1. The molecule has 1 fully saturated rings. The molecule has 2 amide bonds. The van der Waals surface area contributed by atoms with Gasteiger partial charge in [0.1, 0.15) is 11.4 Å². The van der Waals surface area contributed by atoms with Gasteiger partial charge in [-0.15, -0.1) is 0 Å². The van der Waals surface area contributed by atoms with E-state index in [9.17, 15) is 14.0 Å². The van der Waals surface area contributed by atoms with Gasteiger partial charge in [0.25, 0.3) is 5.91 Å². The lowest BCUT2D eigenvalue weighted by molar-refractivity contribution is -0.123. The third-order valence-corrected chi connectivity index (χ3v) is 4.48. The van der Waals surface area contributed by atoms with Crippen molar-refractivity contribution < 1.29 is 14.0 Å². The molecular weight excluding hydrogens is 337 g/mol. The summed E-state index contributed by atoms with van der Waals surface area (Å²) in [4.78, 5) is 28.7. The van der Waals surface area contributed by atoms with Crippen LogP contribution in [-0.4, -0.2) is 32.5 Å². The molecule has 0 spiro atoms. The average molecular weight is 353 g/mol. The Bertz CT molecular complexity index is 986. The summed E-state index contributed by atoms with van der Waals surface area (Å²) < 4.78 is 15.7. The molecule has 2 atom stereocenters. The smallest absolute Gasteiger partial charge is 0.257 e. The predicted molar refractivity (Wildman–Crippen MR) is 90.8 cm³/mol. The molecule has 0 saturated carbocycles. The van der Waals surface area contributed by atoms with Gasteiger partial charge in [0.2, 0.25) is 5.91 Å². The number of carbonyl (C=O) groups excluding carboxylic acids is 2. The maximum Gasteiger partial charge on any atom is 0.257 e. The van der Waals surface area contributed by atoms with Crippen LogP contribution in [0.4, 0.5) is 4.39 Å². The van der Waals surface area contributed by atoms with E-state index in [1.165, 1.54) is 16.8 Å². The molecule has 132 valence electrons. The summed E-state index contributed by atoms with van der Waals surface area (Å²) in [6.07, 6.45) is 5.40. The van der Waals surface area contributed by atoms with Crippen molar-refractivity contribution in [2.45, 2.75) is 24.9 Å². The molecule has 3 aromatic rings. The monoisotopic (exact) mass is 353 g/mol. The first-order chi connectivity index (χ1) is 12.6. The molecule has 4 rings (SSSR count). The van der Waals surface area contributed by atoms with Gasteiger partial charge in [0, 0.05) is 24.4 Å². The van der Waals surface area contributed by atoms with Crippen molar-refractivity contribution in [2.75, 3.05) is 0 Å². The molecule has 1 aliphatic heterocycles. The number of hydrogen-bond donors (Lipinski definition) is 2. The molecule has 8 heteroatoms. The number of hydrogen-bond acceptors (Lipinski definition) is 4. The Morgan fingerprint density at radius 1 is 1.31 bits per heavy atom. The lowest BCUT2D eigenvalue weighted by Gasteiger charge is -2.33. The van der Waals surface area contributed by atoms with Crippen molar-refractivity contribution in [3.8, 4) is 0 Å². The lowest BCUT2D eigenvalue weighted by atomic mass is 9.91. The number of piperidine rings is 1. The van der Waals surface area contributed by atoms with Crippen LogP contribution in [0, 0.1) is 5.82 Å². The zero-order valence-electron chi connectivity index (χ0n) is 13.7. The summed E-state index contributed by atoms with van der Waals surface area (Å²) >= 11 is 0. The first-order valence-corrected chi connectivity index (χ1v) is 8.26.